The topological polar surface area (TPSA) is 88.2 Å². The van der Waals surface area contributed by atoms with Crippen LogP contribution in [0.15, 0.2) is 39.7 Å². The molecule has 0 aliphatic carbocycles. The summed E-state index contributed by atoms with van der Waals surface area (Å²) in [6, 6.07) is 9.19. The summed E-state index contributed by atoms with van der Waals surface area (Å²) in [7, 11) is 1.58. The Morgan fingerprint density at radius 2 is 2.07 bits per heavy atom. The van der Waals surface area contributed by atoms with Crippen LogP contribution in [0, 0.1) is 19.3 Å². The van der Waals surface area contributed by atoms with Crippen LogP contribution in [-0.2, 0) is 12.1 Å². The molecule has 0 amide bonds. The predicted molar refractivity (Wildman–Crippen MR) is 113 cm³/mol. The van der Waals surface area contributed by atoms with Gasteiger partial charge in [-0.2, -0.15) is 0 Å². The number of ether oxygens (including phenoxy) is 2. The highest BCUT2D eigenvalue weighted by Gasteiger charge is 2.27. The fourth-order valence-corrected chi connectivity index (χ4v) is 2.63. The van der Waals surface area contributed by atoms with Crippen molar-refractivity contribution < 1.29 is 19.0 Å². The monoisotopic (exact) mass is 399 g/mol. The number of benzene rings is 1. The zero-order valence-electron chi connectivity index (χ0n) is 17.4. The number of rotatable bonds is 9. The summed E-state index contributed by atoms with van der Waals surface area (Å²) >= 11 is 0. The number of methoxy groups -OCH3 is 1. The van der Waals surface area contributed by atoms with E-state index in [0.29, 0.717) is 36.3 Å². The molecule has 0 radical (unpaired) electrons. The minimum absolute atomic E-state index is 0.161. The van der Waals surface area contributed by atoms with Crippen LogP contribution in [0.5, 0.6) is 11.5 Å². The van der Waals surface area contributed by atoms with E-state index in [-0.39, 0.29) is 13.2 Å². The Kier molecular flexibility index (Phi) is 7.98. The van der Waals surface area contributed by atoms with Crippen molar-refractivity contribution in [1.29, 1.82) is 0 Å². The summed E-state index contributed by atoms with van der Waals surface area (Å²) in [6.07, 6.45) is 5.27. The third kappa shape index (κ3) is 6.47. The summed E-state index contributed by atoms with van der Waals surface area (Å²) in [6.45, 7) is 7.01. The Balaban J connectivity index is 2.07. The molecule has 3 N–H and O–H groups in total. The van der Waals surface area contributed by atoms with E-state index in [1.807, 2.05) is 38.1 Å². The summed E-state index contributed by atoms with van der Waals surface area (Å²) in [4.78, 5) is 4.58. The van der Waals surface area contributed by atoms with Gasteiger partial charge in [0.2, 0.25) is 0 Å². The first kappa shape index (κ1) is 22.2. The molecule has 0 fully saturated rings. The molecule has 1 aromatic heterocycles. The molecule has 0 saturated heterocycles. The summed E-state index contributed by atoms with van der Waals surface area (Å²) in [5.41, 5.74) is -0.232. The zero-order chi connectivity index (χ0) is 21.3. The van der Waals surface area contributed by atoms with E-state index in [2.05, 4.69) is 21.5 Å². The van der Waals surface area contributed by atoms with Gasteiger partial charge in [0, 0.05) is 6.54 Å². The van der Waals surface area contributed by atoms with Gasteiger partial charge in [-0.25, -0.2) is 4.99 Å². The Morgan fingerprint density at radius 3 is 2.69 bits per heavy atom. The molecule has 0 aliphatic rings. The van der Waals surface area contributed by atoms with Gasteiger partial charge in [0.1, 0.15) is 23.7 Å². The molecule has 1 unspecified atom stereocenters. The molecule has 7 heteroatoms. The van der Waals surface area contributed by atoms with Gasteiger partial charge in [0.15, 0.2) is 17.5 Å². The lowest BCUT2D eigenvalue weighted by Crippen LogP contribution is -2.44. The molecular formula is C22H29N3O4. The Bertz CT molecular complexity index is 865. The van der Waals surface area contributed by atoms with Crippen LogP contribution in [0.2, 0.25) is 0 Å². The maximum Gasteiger partial charge on any atom is 0.191 e. The first-order valence-electron chi connectivity index (χ1n) is 9.44. The Labute approximate surface area is 172 Å². The smallest absolute Gasteiger partial charge is 0.191 e. The number of nitrogens with zero attached hydrogens (tertiary/aromatic N) is 1. The highest BCUT2D eigenvalue weighted by Crippen LogP contribution is 2.28. The van der Waals surface area contributed by atoms with Gasteiger partial charge in [-0.15, -0.1) is 6.42 Å². The van der Waals surface area contributed by atoms with Gasteiger partial charge in [-0.3, -0.25) is 0 Å². The lowest BCUT2D eigenvalue weighted by molar-refractivity contribution is 0.0378. The van der Waals surface area contributed by atoms with Crippen molar-refractivity contribution in [2.45, 2.75) is 32.9 Å². The number of nitrogens with one attached hydrogen (secondary N) is 2. The van der Waals surface area contributed by atoms with Crippen LogP contribution in [0.3, 0.4) is 0 Å². The average molecular weight is 399 g/mol. The van der Waals surface area contributed by atoms with Crippen LogP contribution in [0.1, 0.15) is 30.9 Å². The number of hydrogen-bond acceptors (Lipinski definition) is 5. The standard InChI is InChI=1S/C22H29N3O4/c1-6-12-28-19-13-17(9-10-18(19)27-5)14-24-21(23-7-2)25-15-22(4,26)20-11-8-16(3)29-20/h1,8-11,13,26H,7,12,14-15H2,2-5H3,(H2,23,24,25). The molecule has 1 aromatic carbocycles. The number of hydrogen-bond donors (Lipinski definition) is 3. The molecule has 7 nitrogen and oxygen atoms in total. The van der Waals surface area contributed by atoms with Gasteiger partial charge >= 0.3 is 0 Å². The first-order chi connectivity index (χ1) is 13.9. The van der Waals surface area contributed by atoms with Crippen LogP contribution in [0.4, 0.5) is 0 Å². The van der Waals surface area contributed by atoms with Crippen molar-refractivity contribution in [3.63, 3.8) is 0 Å². The van der Waals surface area contributed by atoms with Crippen LogP contribution >= 0.6 is 0 Å². The second-order valence-corrected chi connectivity index (χ2v) is 6.71. The number of guanidine groups is 1. The molecule has 2 aromatic rings. The number of aliphatic hydroxyl groups is 1. The SMILES string of the molecule is C#CCOc1cc(CN=C(NCC)NCC(C)(O)c2ccc(C)o2)ccc1OC. The Morgan fingerprint density at radius 1 is 1.28 bits per heavy atom. The third-order valence-electron chi connectivity index (χ3n) is 4.17. The maximum absolute atomic E-state index is 10.7. The highest BCUT2D eigenvalue weighted by atomic mass is 16.5. The normalized spacial score (nSPS) is 13.3. The van der Waals surface area contributed by atoms with Gasteiger partial charge in [-0.1, -0.05) is 12.0 Å². The van der Waals surface area contributed by atoms with E-state index in [1.165, 1.54) is 0 Å². The lowest BCUT2D eigenvalue weighted by atomic mass is 10.0. The quantitative estimate of drug-likeness (QED) is 0.341. The summed E-state index contributed by atoms with van der Waals surface area (Å²) < 4.78 is 16.4. The van der Waals surface area contributed by atoms with Crippen LogP contribution < -0.4 is 20.1 Å². The molecule has 0 aliphatic heterocycles. The number of terminal acetylenes is 1. The van der Waals surface area contributed by atoms with E-state index in [4.69, 9.17) is 20.3 Å². The Hall–Kier alpha value is -3.11. The van der Waals surface area contributed by atoms with Gasteiger partial charge in [-0.05, 0) is 50.6 Å². The van der Waals surface area contributed by atoms with Crippen molar-refractivity contribution in [2.75, 3.05) is 26.8 Å². The highest BCUT2D eigenvalue weighted by molar-refractivity contribution is 5.79. The number of furan rings is 1. The molecule has 0 spiro atoms. The van der Waals surface area contributed by atoms with Crippen molar-refractivity contribution in [2.24, 2.45) is 4.99 Å². The van der Waals surface area contributed by atoms with Gasteiger partial charge < -0.3 is 29.6 Å². The maximum atomic E-state index is 10.7. The van der Waals surface area contributed by atoms with E-state index in [1.54, 1.807) is 20.1 Å². The largest absolute Gasteiger partial charge is 0.493 e. The van der Waals surface area contributed by atoms with E-state index in [9.17, 15) is 5.11 Å². The van der Waals surface area contributed by atoms with Crippen LogP contribution in [-0.4, -0.2) is 37.9 Å². The number of aliphatic imine (C=N–C) groups is 1. The molecule has 0 saturated carbocycles. The lowest BCUT2D eigenvalue weighted by Gasteiger charge is -2.22. The molecule has 1 atom stereocenters. The second kappa shape index (κ2) is 10.4. The number of aryl methyl sites for hydroxylation is 1. The van der Waals surface area contributed by atoms with Gasteiger partial charge in [0.05, 0.1) is 20.2 Å². The van der Waals surface area contributed by atoms with Crippen molar-refractivity contribution in [3.05, 3.63) is 47.4 Å². The van der Waals surface area contributed by atoms with E-state index < -0.39 is 5.60 Å². The molecule has 1 heterocycles. The summed E-state index contributed by atoms with van der Waals surface area (Å²) in [5, 5.41) is 17.0. The molecule has 29 heavy (non-hydrogen) atoms. The molecular weight excluding hydrogens is 370 g/mol. The first-order valence-corrected chi connectivity index (χ1v) is 9.44. The van der Waals surface area contributed by atoms with Crippen molar-refractivity contribution in [3.8, 4) is 23.8 Å². The minimum atomic E-state index is -1.17. The summed E-state index contributed by atoms with van der Waals surface area (Å²) in [5.74, 6) is 5.47. The van der Waals surface area contributed by atoms with Crippen molar-refractivity contribution in [1.82, 2.24) is 10.6 Å². The fourth-order valence-electron chi connectivity index (χ4n) is 2.63. The second-order valence-electron chi connectivity index (χ2n) is 6.71. The molecule has 0 bridgehead atoms. The van der Waals surface area contributed by atoms with E-state index in [0.717, 1.165) is 11.3 Å². The minimum Gasteiger partial charge on any atom is -0.493 e. The molecule has 2 rings (SSSR count). The zero-order valence-corrected chi connectivity index (χ0v) is 17.4. The van der Waals surface area contributed by atoms with Crippen molar-refractivity contribution >= 4 is 5.96 Å². The third-order valence-corrected chi connectivity index (χ3v) is 4.17. The van der Waals surface area contributed by atoms with Gasteiger partial charge in [0.25, 0.3) is 0 Å². The molecule has 156 valence electrons. The average Bonchev–Trinajstić information content (AvgIpc) is 3.16. The van der Waals surface area contributed by atoms with Crippen LogP contribution in [0.25, 0.3) is 0 Å². The van der Waals surface area contributed by atoms with E-state index >= 15 is 0 Å². The fraction of sp³-hybridized carbons (Fsp3) is 0.409. The predicted octanol–water partition coefficient (Wildman–Crippen LogP) is 2.57.